The summed E-state index contributed by atoms with van der Waals surface area (Å²) in [5.41, 5.74) is 0.390. The molecule has 0 radical (unpaired) electrons. The largest absolute Gasteiger partial charge is 0.504 e. The number of hydrogen-bond donors (Lipinski definition) is 2. The summed E-state index contributed by atoms with van der Waals surface area (Å²) in [4.78, 5) is 3.59. The summed E-state index contributed by atoms with van der Waals surface area (Å²) in [6.07, 6.45) is 1.10. The van der Waals surface area contributed by atoms with Crippen molar-refractivity contribution >= 4 is 11.6 Å². The van der Waals surface area contributed by atoms with Crippen LogP contribution in [-0.2, 0) is 0 Å². The maximum Gasteiger partial charge on any atom is 0.176 e. The zero-order valence-corrected chi connectivity index (χ0v) is 6.05. The van der Waals surface area contributed by atoms with E-state index in [-0.39, 0.29) is 16.7 Å². The van der Waals surface area contributed by atoms with E-state index in [4.69, 9.17) is 21.8 Å². The molecule has 4 heteroatoms. The van der Waals surface area contributed by atoms with Gasteiger partial charge < -0.3 is 10.2 Å². The van der Waals surface area contributed by atoms with Gasteiger partial charge in [0, 0.05) is 5.56 Å². The predicted octanol–water partition coefficient (Wildman–Crippen LogP) is 1.45. The summed E-state index contributed by atoms with van der Waals surface area (Å²) >= 11 is 5.50. The molecule has 0 spiro atoms. The van der Waals surface area contributed by atoms with Crippen molar-refractivity contribution < 1.29 is 10.2 Å². The lowest BCUT2D eigenvalue weighted by molar-refractivity contribution is 0.399. The van der Waals surface area contributed by atoms with Gasteiger partial charge in [0.15, 0.2) is 11.5 Å². The van der Waals surface area contributed by atoms with Crippen LogP contribution in [0.2, 0.25) is 5.15 Å². The van der Waals surface area contributed by atoms with Crippen molar-refractivity contribution in [3.63, 3.8) is 0 Å². The maximum absolute atomic E-state index is 9.01. The number of nitrogens with zero attached hydrogens (tertiary/aromatic N) is 1. The monoisotopic (exact) mass is 159 g/mol. The van der Waals surface area contributed by atoms with Crippen molar-refractivity contribution in [2.45, 2.75) is 6.92 Å². The third-order valence-electron chi connectivity index (χ3n) is 1.21. The van der Waals surface area contributed by atoms with Crippen LogP contribution in [0.3, 0.4) is 0 Å². The molecule has 0 aliphatic rings. The molecule has 2 N–H and O–H groups in total. The van der Waals surface area contributed by atoms with Gasteiger partial charge in [0.2, 0.25) is 0 Å². The molecule has 0 bridgehead atoms. The average Bonchev–Trinajstić information content (AvgIpc) is 1.93. The Balaban J connectivity index is 3.34. The summed E-state index contributed by atoms with van der Waals surface area (Å²) < 4.78 is 0. The third kappa shape index (κ3) is 0.998. The number of aromatic hydroxyl groups is 2. The normalized spacial score (nSPS) is 9.80. The molecule has 0 unspecified atom stereocenters. The topological polar surface area (TPSA) is 53.4 Å². The molecular weight excluding hydrogens is 154 g/mol. The smallest absolute Gasteiger partial charge is 0.176 e. The zero-order chi connectivity index (χ0) is 7.72. The van der Waals surface area contributed by atoms with Crippen molar-refractivity contribution in [1.82, 2.24) is 4.98 Å². The Morgan fingerprint density at radius 2 is 2.10 bits per heavy atom. The van der Waals surface area contributed by atoms with E-state index in [2.05, 4.69) is 4.98 Å². The van der Waals surface area contributed by atoms with Gasteiger partial charge in [-0.3, -0.25) is 0 Å². The Labute approximate surface area is 62.9 Å². The van der Waals surface area contributed by atoms with Gasteiger partial charge in [0.05, 0.1) is 6.20 Å². The fraction of sp³-hybridized carbons (Fsp3) is 0.167. The van der Waals surface area contributed by atoms with E-state index >= 15 is 0 Å². The molecule has 0 saturated carbocycles. The Morgan fingerprint density at radius 3 is 2.60 bits per heavy atom. The quantitative estimate of drug-likeness (QED) is 0.564. The molecule has 0 atom stereocenters. The second kappa shape index (κ2) is 2.34. The Hall–Kier alpha value is -0.960. The van der Waals surface area contributed by atoms with Crippen LogP contribution in [0.4, 0.5) is 0 Å². The number of hydrogen-bond acceptors (Lipinski definition) is 3. The first kappa shape index (κ1) is 7.15. The van der Waals surface area contributed by atoms with Crippen molar-refractivity contribution in [3.05, 3.63) is 16.9 Å². The molecule has 0 aliphatic heterocycles. The van der Waals surface area contributed by atoms with Gasteiger partial charge >= 0.3 is 0 Å². The van der Waals surface area contributed by atoms with Gasteiger partial charge in [0.1, 0.15) is 5.15 Å². The van der Waals surface area contributed by atoms with E-state index in [9.17, 15) is 0 Å². The minimum atomic E-state index is -0.248. The first-order valence-electron chi connectivity index (χ1n) is 2.66. The second-order valence-corrected chi connectivity index (χ2v) is 2.27. The molecule has 1 aromatic heterocycles. The lowest BCUT2D eigenvalue weighted by atomic mass is 10.3. The number of pyridine rings is 1. The molecule has 0 aliphatic carbocycles. The molecule has 0 aromatic carbocycles. The summed E-state index contributed by atoms with van der Waals surface area (Å²) in [5.74, 6) is -0.457. The maximum atomic E-state index is 9.01. The van der Waals surface area contributed by atoms with Crippen molar-refractivity contribution in [1.29, 1.82) is 0 Å². The van der Waals surface area contributed by atoms with Crippen LogP contribution in [0.5, 0.6) is 11.5 Å². The third-order valence-corrected chi connectivity index (χ3v) is 1.59. The van der Waals surface area contributed by atoms with Crippen LogP contribution in [0, 0.1) is 6.92 Å². The standard InChI is InChI=1S/C6H6ClNO2/c1-3-5(10)4(9)2-8-6(3)7/h2,9H,1H3,(H,8,10). The minimum absolute atomic E-state index is 0.204. The fourth-order valence-corrected chi connectivity index (χ4v) is 0.704. The van der Waals surface area contributed by atoms with Gasteiger partial charge in [-0.25, -0.2) is 4.98 Å². The SMILES string of the molecule is Cc1c(Cl)ncc(O)c1O. The van der Waals surface area contributed by atoms with Crippen LogP contribution in [-0.4, -0.2) is 15.2 Å². The first-order valence-corrected chi connectivity index (χ1v) is 3.03. The van der Waals surface area contributed by atoms with Crippen LogP contribution < -0.4 is 0 Å². The van der Waals surface area contributed by atoms with E-state index in [0.29, 0.717) is 5.56 Å². The predicted molar refractivity (Wildman–Crippen MR) is 37.3 cm³/mol. The van der Waals surface area contributed by atoms with Gasteiger partial charge in [-0.2, -0.15) is 0 Å². The van der Waals surface area contributed by atoms with Gasteiger partial charge in [-0.1, -0.05) is 11.6 Å². The highest BCUT2D eigenvalue weighted by Crippen LogP contribution is 2.30. The summed E-state index contributed by atoms with van der Waals surface area (Å²) in [7, 11) is 0. The molecule has 3 nitrogen and oxygen atoms in total. The highest BCUT2D eigenvalue weighted by molar-refractivity contribution is 6.30. The van der Waals surface area contributed by atoms with Crippen LogP contribution in [0.1, 0.15) is 5.56 Å². The minimum Gasteiger partial charge on any atom is -0.504 e. The average molecular weight is 160 g/mol. The Kier molecular flexibility index (Phi) is 1.68. The van der Waals surface area contributed by atoms with Gasteiger partial charge in [-0.05, 0) is 6.92 Å². The fourth-order valence-electron chi connectivity index (χ4n) is 0.566. The van der Waals surface area contributed by atoms with Gasteiger partial charge in [-0.15, -0.1) is 0 Å². The lowest BCUT2D eigenvalue weighted by Crippen LogP contribution is -1.81. The Morgan fingerprint density at radius 1 is 1.50 bits per heavy atom. The van der Waals surface area contributed by atoms with E-state index in [1.807, 2.05) is 0 Å². The molecular formula is C6H6ClNO2. The number of aromatic nitrogens is 1. The summed E-state index contributed by atoms with van der Waals surface area (Å²) in [6, 6.07) is 0. The van der Waals surface area contributed by atoms with Crippen LogP contribution in [0.25, 0.3) is 0 Å². The van der Waals surface area contributed by atoms with E-state index in [1.54, 1.807) is 6.92 Å². The number of halogens is 1. The van der Waals surface area contributed by atoms with Gasteiger partial charge in [0.25, 0.3) is 0 Å². The van der Waals surface area contributed by atoms with E-state index in [0.717, 1.165) is 6.20 Å². The zero-order valence-electron chi connectivity index (χ0n) is 5.30. The van der Waals surface area contributed by atoms with Crippen molar-refractivity contribution in [2.75, 3.05) is 0 Å². The number of rotatable bonds is 0. The summed E-state index contributed by atoms with van der Waals surface area (Å²) in [5, 5.41) is 18.1. The molecule has 0 amide bonds. The van der Waals surface area contributed by atoms with E-state index in [1.165, 1.54) is 0 Å². The molecule has 1 aromatic rings. The molecule has 1 heterocycles. The second-order valence-electron chi connectivity index (χ2n) is 1.91. The van der Waals surface area contributed by atoms with Crippen molar-refractivity contribution in [2.24, 2.45) is 0 Å². The van der Waals surface area contributed by atoms with Crippen LogP contribution in [0.15, 0.2) is 6.20 Å². The highest BCUT2D eigenvalue weighted by Gasteiger charge is 2.06. The Bertz CT molecular complexity index is 235. The molecule has 54 valence electrons. The lowest BCUT2D eigenvalue weighted by Gasteiger charge is -2.00. The van der Waals surface area contributed by atoms with Crippen LogP contribution >= 0.6 is 11.6 Å². The summed E-state index contributed by atoms with van der Waals surface area (Å²) in [6.45, 7) is 1.57. The molecule has 10 heavy (non-hydrogen) atoms. The first-order chi connectivity index (χ1) is 4.63. The molecule has 1 rings (SSSR count). The van der Waals surface area contributed by atoms with E-state index < -0.39 is 0 Å². The molecule has 0 saturated heterocycles. The highest BCUT2D eigenvalue weighted by atomic mass is 35.5. The van der Waals surface area contributed by atoms with Crippen molar-refractivity contribution in [3.8, 4) is 11.5 Å². The molecule has 0 fully saturated rings.